The summed E-state index contributed by atoms with van der Waals surface area (Å²) in [5.74, 6) is -2.28. The van der Waals surface area contributed by atoms with Crippen LogP contribution < -0.4 is 0 Å². The van der Waals surface area contributed by atoms with E-state index in [4.69, 9.17) is 4.74 Å². The Bertz CT molecular complexity index is 899. The highest BCUT2D eigenvalue weighted by Gasteiger charge is 2.48. The topological polar surface area (TPSA) is 83.9 Å². The normalized spacial score (nSPS) is 19.3. The minimum atomic E-state index is -1.20. The van der Waals surface area contributed by atoms with Gasteiger partial charge in [-0.3, -0.25) is 4.79 Å². The van der Waals surface area contributed by atoms with E-state index in [-0.39, 0.29) is 6.42 Å². The molecule has 0 saturated carbocycles. The number of carbonyl (C=O) groups excluding carboxylic acids is 2. The van der Waals surface area contributed by atoms with E-state index in [2.05, 4.69) is 0 Å². The molecule has 1 aliphatic heterocycles. The Labute approximate surface area is 170 Å². The summed E-state index contributed by atoms with van der Waals surface area (Å²) in [7, 11) is 0. The number of amides is 2. The zero-order valence-electron chi connectivity index (χ0n) is 16.8. The second kappa shape index (κ2) is 8.07. The second-order valence-electron chi connectivity index (χ2n) is 8.24. The highest BCUT2D eigenvalue weighted by molar-refractivity contribution is 6.00. The van der Waals surface area contributed by atoms with Crippen LogP contribution in [0, 0.1) is 5.92 Å². The first-order valence-corrected chi connectivity index (χ1v) is 9.59. The summed E-state index contributed by atoms with van der Waals surface area (Å²) in [6.45, 7) is 5.02. The molecule has 1 saturated heterocycles. The summed E-state index contributed by atoms with van der Waals surface area (Å²) in [5, 5.41) is 9.49. The number of ether oxygens (including phenoxy) is 1. The van der Waals surface area contributed by atoms with Gasteiger partial charge in [0.2, 0.25) is 5.91 Å². The molecule has 2 atom stereocenters. The molecule has 1 aliphatic rings. The Morgan fingerprint density at radius 2 is 1.62 bits per heavy atom. The Kier molecular flexibility index (Phi) is 5.73. The van der Waals surface area contributed by atoms with E-state index < -0.39 is 35.5 Å². The minimum absolute atomic E-state index is 0.0772. The van der Waals surface area contributed by atoms with Crippen molar-refractivity contribution in [1.82, 2.24) is 4.90 Å². The van der Waals surface area contributed by atoms with Crippen molar-refractivity contribution < 1.29 is 24.2 Å². The Morgan fingerprint density at radius 1 is 1.03 bits per heavy atom. The second-order valence-corrected chi connectivity index (χ2v) is 8.24. The number of hydrogen-bond donors (Lipinski definition) is 1. The third-order valence-electron chi connectivity index (χ3n) is 4.82. The van der Waals surface area contributed by atoms with Gasteiger partial charge in [0.25, 0.3) is 0 Å². The predicted molar refractivity (Wildman–Crippen MR) is 108 cm³/mol. The zero-order chi connectivity index (χ0) is 21.2. The summed E-state index contributed by atoms with van der Waals surface area (Å²) in [6, 6.07) is 16.6. The highest BCUT2D eigenvalue weighted by Crippen LogP contribution is 2.30. The fourth-order valence-corrected chi connectivity index (χ4v) is 3.48. The molecule has 3 rings (SSSR count). The molecule has 6 heteroatoms. The zero-order valence-corrected chi connectivity index (χ0v) is 16.8. The first-order chi connectivity index (χ1) is 13.7. The molecule has 152 valence electrons. The Hall–Kier alpha value is -3.15. The van der Waals surface area contributed by atoms with E-state index in [1.807, 2.05) is 54.6 Å². The van der Waals surface area contributed by atoms with Crippen LogP contribution in [-0.2, 0) is 20.7 Å². The lowest BCUT2D eigenvalue weighted by atomic mass is 9.95. The van der Waals surface area contributed by atoms with Gasteiger partial charge >= 0.3 is 12.1 Å². The fourth-order valence-electron chi connectivity index (χ4n) is 3.48. The molecule has 2 aromatic carbocycles. The third-order valence-corrected chi connectivity index (χ3v) is 4.82. The molecule has 0 aromatic heterocycles. The maximum absolute atomic E-state index is 12.8. The Morgan fingerprint density at radius 3 is 2.17 bits per heavy atom. The van der Waals surface area contributed by atoms with Gasteiger partial charge in [0, 0.05) is 5.92 Å². The average molecular weight is 395 g/mol. The molecule has 1 heterocycles. The number of aliphatic carboxylic acids is 1. The van der Waals surface area contributed by atoms with Gasteiger partial charge < -0.3 is 9.84 Å². The predicted octanol–water partition coefficient (Wildman–Crippen LogP) is 4.13. The summed E-state index contributed by atoms with van der Waals surface area (Å²) in [4.78, 5) is 37.6. The number of imide groups is 1. The molecule has 29 heavy (non-hydrogen) atoms. The third kappa shape index (κ3) is 4.83. The molecule has 2 aromatic rings. The van der Waals surface area contributed by atoms with Gasteiger partial charge in [-0.25, -0.2) is 14.5 Å². The lowest BCUT2D eigenvalue weighted by molar-refractivity contribution is -0.145. The van der Waals surface area contributed by atoms with Crippen LogP contribution in [0.4, 0.5) is 4.79 Å². The lowest BCUT2D eigenvalue weighted by Gasteiger charge is -2.25. The molecular formula is C23H25NO5. The van der Waals surface area contributed by atoms with Gasteiger partial charge in [-0.15, -0.1) is 0 Å². The van der Waals surface area contributed by atoms with Crippen LogP contribution in [0.25, 0.3) is 11.1 Å². The monoisotopic (exact) mass is 395 g/mol. The number of carbonyl (C=O) groups is 3. The molecule has 1 fully saturated rings. The van der Waals surface area contributed by atoms with Crippen molar-refractivity contribution in [2.75, 3.05) is 0 Å². The minimum Gasteiger partial charge on any atom is -0.480 e. The van der Waals surface area contributed by atoms with Crippen molar-refractivity contribution in [3.8, 4) is 11.1 Å². The van der Waals surface area contributed by atoms with Gasteiger partial charge in [-0.2, -0.15) is 0 Å². The van der Waals surface area contributed by atoms with Crippen LogP contribution in [0.15, 0.2) is 54.6 Å². The van der Waals surface area contributed by atoms with E-state index in [0.29, 0.717) is 6.42 Å². The number of hydrogen-bond acceptors (Lipinski definition) is 4. The smallest absolute Gasteiger partial charge is 0.417 e. The standard InChI is InChI=1S/C23H25NO5/c1-23(2,3)29-22(28)24-19(21(26)27)14-18(20(24)25)13-15-9-11-17(12-10-15)16-7-5-4-6-8-16/h4-12,18-19H,13-14H2,1-3H3,(H,26,27)/t18?,19-/m0/s1. The molecule has 0 aliphatic carbocycles. The molecule has 2 amide bonds. The number of carboxylic acid groups (broad SMARTS) is 1. The molecule has 0 radical (unpaired) electrons. The largest absolute Gasteiger partial charge is 0.480 e. The van der Waals surface area contributed by atoms with Crippen LogP contribution >= 0.6 is 0 Å². The summed E-state index contributed by atoms with van der Waals surface area (Å²) >= 11 is 0. The number of likely N-dealkylation sites (tertiary alicyclic amines) is 1. The summed E-state index contributed by atoms with van der Waals surface area (Å²) in [5.41, 5.74) is 2.26. The van der Waals surface area contributed by atoms with E-state index >= 15 is 0 Å². The van der Waals surface area contributed by atoms with Crippen molar-refractivity contribution in [1.29, 1.82) is 0 Å². The lowest BCUT2D eigenvalue weighted by Crippen LogP contribution is -2.45. The van der Waals surface area contributed by atoms with Crippen LogP contribution in [0.1, 0.15) is 32.8 Å². The Balaban J connectivity index is 1.75. The summed E-state index contributed by atoms with van der Waals surface area (Å²) < 4.78 is 5.24. The van der Waals surface area contributed by atoms with E-state index in [0.717, 1.165) is 21.6 Å². The highest BCUT2D eigenvalue weighted by atomic mass is 16.6. The number of carboxylic acids is 1. The van der Waals surface area contributed by atoms with Crippen LogP contribution in [0.2, 0.25) is 0 Å². The molecule has 6 nitrogen and oxygen atoms in total. The molecule has 1 N–H and O–H groups in total. The van der Waals surface area contributed by atoms with Crippen molar-refractivity contribution in [3.63, 3.8) is 0 Å². The van der Waals surface area contributed by atoms with Gasteiger partial charge in [-0.1, -0.05) is 54.6 Å². The maximum Gasteiger partial charge on any atom is 0.417 e. The summed E-state index contributed by atoms with van der Waals surface area (Å²) in [6.07, 6.45) is -0.456. The van der Waals surface area contributed by atoms with Gasteiger partial charge in [0.05, 0.1) is 0 Å². The van der Waals surface area contributed by atoms with Gasteiger partial charge in [0.1, 0.15) is 11.6 Å². The van der Waals surface area contributed by atoms with E-state index in [1.54, 1.807) is 20.8 Å². The maximum atomic E-state index is 12.8. The first-order valence-electron chi connectivity index (χ1n) is 9.59. The van der Waals surface area contributed by atoms with Gasteiger partial charge in [-0.05, 0) is 50.3 Å². The SMILES string of the molecule is CC(C)(C)OC(=O)N1C(=O)C(Cc2ccc(-c3ccccc3)cc2)C[C@H]1C(=O)O. The molecular weight excluding hydrogens is 370 g/mol. The molecule has 1 unspecified atom stereocenters. The van der Waals surface area contributed by atoms with Crippen LogP contribution in [-0.4, -0.2) is 39.6 Å². The molecule has 0 bridgehead atoms. The number of rotatable bonds is 4. The van der Waals surface area contributed by atoms with Crippen molar-refractivity contribution >= 4 is 18.0 Å². The van der Waals surface area contributed by atoms with Gasteiger partial charge in [0.15, 0.2) is 0 Å². The molecule has 0 spiro atoms. The van der Waals surface area contributed by atoms with Crippen molar-refractivity contribution in [2.24, 2.45) is 5.92 Å². The van der Waals surface area contributed by atoms with E-state index in [1.165, 1.54) is 0 Å². The van der Waals surface area contributed by atoms with E-state index in [9.17, 15) is 19.5 Å². The fraction of sp³-hybridized carbons (Fsp3) is 0.348. The van der Waals surface area contributed by atoms with Crippen LogP contribution in [0.3, 0.4) is 0 Å². The van der Waals surface area contributed by atoms with Crippen molar-refractivity contribution in [3.05, 3.63) is 60.2 Å². The quantitative estimate of drug-likeness (QED) is 0.841. The first kappa shape index (κ1) is 20.6. The number of nitrogens with zero attached hydrogens (tertiary/aromatic N) is 1. The number of benzene rings is 2. The van der Waals surface area contributed by atoms with Crippen LogP contribution in [0.5, 0.6) is 0 Å². The average Bonchev–Trinajstić information content (AvgIpc) is 2.98. The van der Waals surface area contributed by atoms with Crippen molar-refractivity contribution in [2.45, 2.75) is 45.3 Å².